The number of carbonyl (C=O) groups excluding carboxylic acids is 1. The van der Waals surface area contributed by atoms with Crippen LogP contribution >= 0.6 is 11.6 Å². The molecule has 0 aliphatic carbocycles. The maximum Gasteiger partial charge on any atom is 0.220 e. The first-order valence-electron chi connectivity index (χ1n) is 4.55. The average Bonchev–Trinajstić information content (AvgIpc) is 2.60. The topological polar surface area (TPSA) is 46.9 Å². The lowest BCUT2D eigenvalue weighted by atomic mass is 9.99. The molecule has 4 nitrogen and oxygen atoms in total. The number of aryl methyl sites for hydroxylation is 2. The first-order chi connectivity index (χ1) is 6.59. The Morgan fingerprint density at radius 2 is 2.36 bits per heavy atom. The third-order valence-electron chi connectivity index (χ3n) is 2.58. The van der Waals surface area contributed by atoms with Crippen molar-refractivity contribution in [3.05, 3.63) is 16.4 Å². The van der Waals surface area contributed by atoms with Crippen LogP contribution < -0.4 is 5.32 Å². The zero-order valence-electron chi connectivity index (χ0n) is 8.17. The normalized spacial score (nSPS) is 21.4. The Balaban J connectivity index is 2.36. The van der Waals surface area contributed by atoms with E-state index >= 15 is 0 Å². The summed E-state index contributed by atoms with van der Waals surface area (Å²) in [5.74, 6) is 0.276. The molecule has 1 saturated heterocycles. The van der Waals surface area contributed by atoms with E-state index in [1.807, 2.05) is 14.0 Å². The first-order valence-corrected chi connectivity index (χ1v) is 4.93. The third-order valence-corrected chi connectivity index (χ3v) is 3.03. The van der Waals surface area contributed by atoms with Crippen molar-refractivity contribution in [2.45, 2.75) is 19.3 Å². The van der Waals surface area contributed by atoms with Gasteiger partial charge in [0, 0.05) is 31.5 Å². The zero-order chi connectivity index (χ0) is 10.3. The summed E-state index contributed by atoms with van der Waals surface area (Å²) in [5.41, 5.74) is 1.92. The number of hydrogen-bond donors (Lipinski definition) is 1. The molecule has 1 aliphatic rings. The SMILES string of the molecule is Cc1nn(C)c(Cl)c1C1CNC(=O)C1. The van der Waals surface area contributed by atoms with Gasteiger partial charge in [0.2, 0.25) is 5.91 Å². The van der Waals surface area contributed by atoms with Gasteiger partial charge in [-0.05, 0) is 6.92 Å². The maximum absolute atomic E-state index is 11.1. The van der Waals surface area contributed by atoms with E-state index in [0.717, 1.165) is 11.3 Å². The molecule has 0 bridgehead atoms. The fourth-order valence-corrected chi connectivity index (χ4v) is 2.25. The van der Waals surface area contributed by atoms with Gasteiger partial charge in [0.1, 0.15) is 5.15 Å². The molecule has 2 heterocycles. The summed E-state index contributed by atoms with van der Waals surface area (Å²) < 4.78 is 1.65. The summed E-state index contributed by atoms with van der Waals surface area (Å²) in [6, 6.07) is 0. The van der Waals surface area contributed by atoms with Crippen LogP contribution in [0.15, 0.2) is 0 Å². The Kier molecular flexibility index (Phi) is 2.23. The highest BCUT2D eigenvalue weighted by atomic mass is 35.5. The molecule has 1 N–H and O–H groups in total. The standard InChI is InChI=1S/C9H12ClN3O/c1-5-8(9(10)13(2)12-5)6-3-7(14)11-4-6/h6H,3-4H2,1-2H3,(H,11,14). The lowest BCUT2D eigenvalue weighted by Crippen LogP contribution is -2.13. The molecular formula is C9H12ClN3O. The van der Waals surface area contributed by atoms with E-state index < -0.39 is 0 Å². The fraction of sp³-hybridized carbons (Fsp3) is 0.556. The van der Waals surface area contributed by atoms with Crippen molar-refractivity contribution < 1.29 is 4.79 Å². The molecule has 1 amide bonds. The Morgan fingerprint density at radius 1 is 1.64 bits per heavy atom. The van der Waals surface area contributed by atoms with Gasteiger partial charge in [-0.15, -0.1) is 0 Å². The van der Waals surface area contributed by atoms with Crippen LogP contribution in [0.25, 0.3) is 0 Å². The predicted molar refractivity (Wildman–Crippen MR) is 53.3 cm³/mol. The molecule has 0 saturated carbocycles. The van der Waals surface area contributed by atoms with Gasteiger partial charge in [0.15, 0.2) is 0 Å². The van der Waals surface area contributed by atoms with E-state index in [-0.39, 0.29) is 11.8 Å². The molecule has 0 aromatic carbocycles. The van der Waals surface area contributed by atoms with Crippen molar-refractivity contribution in [1.29, 1.82) is 0 Å². The van der Waals surface area contributed by atoms with Gasteiger partial charge in [-0.3, -0.25) is 9.48 Å². The van der Waals surface area contributed by atoms with E-state index in [9.17, 15) is 4.79 Å². The van der Waals surface area contributed by atoms with Crippen molar-refractivity contribution in [1.82, 2.24) is 15.1 Å². The largest absolute Gasteiger partial charge is 0.355 e. The summed E-state index contributed by atoms with van der Waals surface area (Å²) in [6.45, 7) is 2.59. The summed E-state index contributed by atoms with van der Waals surface area (Å²) in [4.78, 5) is 11.1. The molecule has 5 heteroatoms. The molecule has 0 radical (unpaired) electrons. The zero-order valence-corrected chi connectivity index (χ0v) is 8.93. The van der Waals surface area contributed by atoms with Crippen LogP contribution in [0.3, 0.4) is 0 Å². The minimum Gasteiger partial charge on any atom is -0.355 e. The summed E-state index contributed by atoms with van der Waals surface area (Å²) in [7, 11) is 1.81. The summed E-state index contributed by atoms with van der Waals surface area (Å²) in [6.07, 6.45) is 0.520. The highest BCUT2D eigenvalue weighted by Crippen LogP contribution is 2.31. The van der Waals surface area contributed by atoms with Crippen LogP contribution in [0.1, 0.15) is 23.6 Å². The number of nitrogens with one attached hydrogen (secondary N) is 1. The molecule has 14 heavy (non-hydrogen) atoms. The second kappa shape index (κ2) is 3.28. The number of halogens is 1. The lowest BCUT2D eigenvalue weighted by Gasteiger charge is -2.06. The van der Waals surface area contributed by atoms with Crippen LogP contribution in [-0.2, 0) is 11.8 Å². The monoisotopic (exact) mass is 213 g/mol. The van der Waals surface area contributed by atoms with E-state index in [0.29, 0.717) is 18.1 Å². The smallest absolute Gasteiger partial charge is 0.220 e. The van der Waals surface area contributed by atoms with E-state index in [1.165, 1.54) is 0 Å². The fourth-order valence-electron chi connectivity index (χ4n) is 1.92. The highest BCUT2D eigenvalue weighted by Gasteiger charge is 2.28. The number of nitrogens with zero attached hydrogens (tertiary/aromatic N) is 2. The third kappa shape index (κ3) is 1.39. The minimum absolute atomic E-state index is 0.0920. The van der Waals surface area contributed by atoms with Gasteiger partial charge in [-0.2, -0.15) is 5.10 Å². The maximum atomic E-state index is 11.1. The molecule has 1 fully saturated rings. The Bertz CT molecular complexity index is 386. The molecule has 2 rings (SSSR count). The number of rotatable bonds is 1. The highest BCUT2D eigenvalue weighted by molar-refractivity contribution is 6.30. The van der Waals surface area contributed by atoms with Gasteiger partial charge >= 0.3 is 0 Å². The molecular weight excluding hydrogens is 202 g/mol. The van der Waals surface area contributed by atoms with E-state index in [2.05, 4.69) is 10.4 Å². The molecule has 1 aromatic heterocycles. The Labute approximate surface area is 87.2 Å². The number of aromatic nitrogens is 2. The minimum atomic E-state index is 0.0920. The average molecular weight is 214 g/mol. The summed E-state index contributed by atoms with van der Waals surface area (Å²) in [5, 5.41) is 7.67. The lowest BCUT2D eigenvalue weighted by molar-refractivity contribution is -0.119. The van der Waals surface area contributed by atoms with Gasteiger partial charge in [-0.1, -0.05) is 11.6 Å². The van der Waals surface area contributed by atoms with E-state index in [1.54, 1.807) is 4.68 Å². The van der Waals surface area contributed by atoms with Crippen LogP contribution in [0.4, 0.5) is 0 Å². The number of hydrogen-bond acceptors (Lipinski definition) is 2. The van der Waals surface area contributed by atoms with Crippen LogP contribution in [-0.4, -0.2) is 22.2 Å². The number of amides is 1. The quantitative estimate of drug-likeness (QED) is 0.756. The summed E-state index contributed by atoms with van der Waals surface area (Å²) >= 11 is 6.10. The number of carbonyl (C=O) groups is 1. The molecule has 1 atom stereocenters. The van der Waals surface area contributed by atoms with Crippen LogP contribution in [0, 0.1) is 6.92 Å². The van der Waals surface area contributed by atoms with Gasteiger partial charge in [0.25, 0.3) is 0 Å². The van der Waals surface area contributed by atoms with Gasteiger partial charge in [-0.25, -0.2) is 0 Å². The predicted octanol–water partition coefficient (Wildman–Crippen LogP) is 0.985. The molecule has 1 unspecified atom stereocenters. The molecule has 1 aliphatic heterocycles. The molecule has 76 valence electrons. The Morgan fingerprint density at radius 3 is 2.79 bits per heavy atom. The van der Waals surface area contributed by atoms with Crippen molar-refractivity contribution in [3.63, 3.8) is 0 Å². The van der Waals surface area contributed by atoms with Gasteiger partial charge < -0.3 is 5.32 Å². The first kappa shape index (κ1) is 9.52. The van der Waals surface area contributed by atoms with Crippen molar-refractivity contribution in [3.8, 4) is 0 Å². The van der Waals surface area contributed by atoms with Crippen molar-refractivity contribution >= 4 is 17.5 Å². The second-order valence-corrected chi connectivity index (χ2v) is 3.98. The van der Waals surface area contributed by atoms with Crippen LogP contribution in [0.2, 0.25) is 5.15 Å². The van der Waals surface area contributed by atoms with Crippen molar-refractivity contribution in [2.24, 2.45) is 7.05 Å². The second-order valence-electron chi connectivity index (χ2n) is 3.62. The Hall–Kier alpha value is -1.03. The molecule has 0 spiro atoms. The van der Waals surface area contributed by atoms with Gasteiger partial charge in [0.05, 0.1) is 5.69 Å². The van der Waals surface area contributed by atoms with Crippen LogP contribution in [0.5, 0.6) is 0 Å². The van der Waals surface area contributed by atoms with E-state index in [4.69, 9.17) is 11.6 Å². The molecule has 1 aromatic rings. The van der Waals surface area contributed by atoms with Crippen molar-refractivity contribution in [2.75, 3.05) is 6.54 Å².